The fourth-order valence-corrected chi connectivity index (χ4v) is 3.47. The summed E-state index contributed by atoms with van der Waals surface area (Å²) in [7, 11) is 4.25. The molecule has 0 saturated heterocycles. The molecule has 0 aromatic carbocycles. The minimum absolute atomic E-state index is 0.0131. The molecule has 1 fully saturated rings. The first kappa shape index (κ1) is 18.5. The van der Waals surface area contributed by atoms with Gasteiger partial charge in [-0.2, -0.15) is 0 Å². The van der Waals surface area contributed by atoms with Gasteiger partial charge in [-0.1, -0.05) is 40.5 Å². The quantitative estimate of drug-likeness (QED) is 0.527. The van der Waals surface area contributed by atoms with Crippen LogP contribution in [0.2, 0.25) is 0 Å². The maximum Gasteiger partial charge on any atom is 0.362 e. The summed E-state index contributed by atoms with van der Waals surface area (Å²) in [6, 6.07) is 0. The average Bonchev–Trinajstić information content (AvgIpc) is 2.35. The molecule has 0 bridgehead atoms. The minimum atomic E-state index is -0.0131. The van der Waals surface area contributed by atoms with Crippen molar-refractivity contribution in [3.05, 3.63) is 0 Å². The summed E-state index contributed by atoms with van der Waals surface area (Å²) in [5.74, 6) is 1.80. The van der Waals surface area contributed by atoms with Crippen LogP contribution in [0.5, 0.6) is 0 Å². The van der Waals surface area contributed by atoms with E-state index >= 15 is 0 Å². The summed E-state index contributed by atoms with van der Waals surface area (Å²) >= 11 is 0. The maximum atomic E-state index is 12.3. The highest BCUT2D eigenvalue weighted by Gasteiger charge is 2.34. The summed E-state index contributed by atoms with van der Waals surface area (Å²) in [6.45, 7) is 10.5. The zero-order chi connectivity index (χ0) is 16.0. The van der Waals surface area contributed by atoms with E-state index in [1.165, 1.54) is 19.3 Å². The highest BCUT2D eigenvalue weighted by molar-refractivity contribution is 5.70. The fraction of sp³-hybridized carbons (Fsp3) is 0.944. The van der Waals surface area contributed by atoms with Crippen molar-refractivity contribution in [1.82, 2.24) is 0 Å². The van der Waals surface area contributed by atoms with Gasteiger partial charge in [0.05, 0.1) is 20.6 Å². The molecule has 124 valence electrons. The Morgan fingerprint density at radius 2 is 1.95 bits per heavy atom. The topological polar surface area (TPSA) is 26.3 Å². The molecule has 1 rings (SSSR count). The summed E-state index contributed by atoms with van der Waals surface area (Å²) < 4.78 is 6.63. The van der Waals surface area contributed by atoms with Gasteiger partial charge >= 0.3 is 5.97 Å². The summed E-state index contributed by atoms with van der Waals surface area (Å²) in [5.41, 5.74) is 0. The van der Waals surface area contributed by atoms with Crippen LogP contribution in [-0.2, 0) is 9.53 Å². The van der Waals surface area contributed by atoms with E-state index < -0.39 is 0 Å². The Labute approximate surface area is 131 Å². The molecule has 1 aliphatic carbocycles. The number of ether oxygens (including phenoxy) is 1. The molecule has 21 heavy (non-hydrogen) atoms. The third-order valence-corrected chi connectivity index (χ3v) is 4.92. The van der Waals surface area contributed by atoms with Crippen molar-refractivity contribution >= 4 is 5.97 Å². The van der Waals surface area contributed by atoms with Gasteiger partial charge in [0.25, 0.3) is 0 Å². The van der Waals surface area contributed by atoms with Gasteiger partial charge in [0.2, 0.25) is 0 Å². The number of quaternary nitrogens is 1. The molecule has 1 saturated carbocycles. The first-order valence-corrected chi connectivity index (χ1v) is 8.76. The van der Waals surface area contributed by atoms with E-state index in [4.69, 9.17) is 4.74 Å². The number of hydrogen-bond donors (Lipinski definition) is 0. The lowest BCUT2D eigenvalue weighted by Crippen LogP contribution is -2.46. The summed E-state index contributed by atoms with van der Waals surface area (Å²) in [6.07, 6.45) is 5.98. The minimum Gasteiger partial charge on any atom is -0.458 e. The number of rotatable bonds is 7. The Hall–Kier alpha value is -0.570. The molecular weight excluding hydrogens is 262 g/mol. The molecule has 0 aliphatic heterocycles. The van der Waals surface area contributed by atoms with Crippen molar-refractivity contribution < 1.29 is 14.0 Å². The fourth-order valence-electron chi connectivity index (χ4n) is 3.47. The SMILES string of the molecule is CCCC[N+](C)(C)CC(=O)O[C@@H]1C[C@H](C)CC[C@H]1C(C)C. The van der Waals surface area contributed by atoms with Gasteiger partial charge in [0.1, 0.15) is 6.10 Å². The van der Waals surface area contributed by atoms with Gasteiger partial charge in [0.15, 0.2) is 6.54 Å². The van der Waals surface area contributed by atoms with Crippen LogP contribution >= 0.6 is 0 Å². The first-order chi connectivity index (χ1) is 9.75. The Morgan fingerprint density at radius 1 is 1.29 bits per heavy atom. The van der Waals surface area contributed by atoms with E-state index in [9.17, 15) is 4.79 Å². The highest BCUT2D eigenvalue weighted by Crippen LogP contribution is 2.35. The van der Waals surface area contributed by atoms with Crippen LogP contribution in [-0.4, -0.2) is 43.7 Å². The Bertz CT molecular complexity index is 325. The van der Waals surface area contributed by atoms with Crippen LogP contribution in [0.15, 0.2) is 0 Å². The van der Waals surface area contributed by atoms with Crippen molar-refractivity contribution in [2.75, 3.05) is 27.2 Å². The van der Waals surface area contributed by atoms with E-state index in [1.807, 2.05) is 0 Å². The number of carbonyl (C=O) groups excluding carboxylic acids is 1. The molecule has 0 N–H and O–H groups in total. The monoisotopic (exact) mass is 298 g/mol. The number of esters is 1. The third kappa shape index (κ3) is 6.37. The van der Waals surface area contributed by atoms with Crippen LogP contribution < -0.4 is 0 Å². The van der Waals surface area contributed by atoms with Crippen molar-refractivity contribution in [2.45, 2.75) is 65.9 Å². The Morgan fingerprint density at radius 3 is 2.52 bits per heavy atom. The van der Waals surface area contributed by atoms with E-state index in [-0.39, 0.29) is 12.1 Å². The standard InChI is InChI=1S/C18H36NO2/c1-7-8-11-19(5,6)13-18(20)21-17-12-15(4)9-10-16(17)14(2)3/h14-17H,7-13H2,1-6H3/q+1/t15-,16+,17-/m1/s1. The lowest BCUT2D eigenvalue weighted by Gasteiger charge is -2.37. The first-order valence-electron chi connectivity index (χ1n) is 8.76. The normalized spacial score (nSPS) is 26.9. The smallest absolute Gasteiger partial charge is 0.362 e. The van der Waals surface area contributed by atoms with Crippen LogP contribution in [0.1, 0.15) is 59.8 Å². The molecule has 0 heterocycles. The lowest BCUT2D eigenvalue weighted by molar-refractivity contribution is -0.883. The van der Waals surface area contributed by atoms with Gasteiger partial charge in [-0.25, -0.2) is 4.79 Å². The van der Waals surface area contributed by atoms with Gasteiger partial charge in [-0.3, -0.25) is 0 Å². The van der Waals surface area contributed by atoms with Crippen LogP contribution in [0.4, 0.5) is 0 Å². The van der Waals surface area contributed by atoms with Gasteiger partial charge in [0, 0.05) is 0 Å². The predicted octanol–water partition coefficient (Wildman–Crippen LogP) is 3.87. The van der Waals surface area contributed by atoms with E-state index in [1.54, 1.807) is 0 Å². The van der Waals surface area contributed by atoms with E-state index in [0.717, 1.165) is 23.9 Å². The number of likely N-dealkylation sites (N-methyl/N-ethyl adjacent to an activating group) is 1. The summed E-state index contributed by atoms with van der Waals surface area (Å²) in [4.78, 5) is 12.3. The number of hydrogen-bond acceptors (Lipinski definition) is 2. The van der Waals surface area contributed by atoms with Crippen molar-refractivity contribution in [1.29, 1.82) is 0 Å². The largest absolute Gasteiger partial charge is 0.458 e. The highest BCUT2D eigenvalue weighted by atomic mass is 16.5. The molecule has 0 unspecified atom stereocenters. The summed E-state index contributed by atoms with van der Waals surface area (Å²) in [5, 5.41) is 0. The molecule has 0 aromatic rings. The predicted molar refractivity (Wildman–Crippen MR) is 88.0 cm³/mol. The second-order valence-electron chi connectivity index (χ2n) is 8.03. The average molecular weight is 298 g/mol. The molecule has 0 spiro atoms. The maximum absolute atomic E-state index is 12.3. The van der Waals surface area contributed by atoms with Gasteiger partial charge in [-0.05, 0) is 37.0 Å². The Kier molecular flexibility index (Phi) is 7.19. The molecule has 1 aliphatic rings. The van der Waals surface area contributed by atoms with E-state index in [2.05, 4.69) is 41.8 Å². The number of nitrogens with zero attached hydrogens (tertiary/aromatic N) is 1. The molecule has 3 atom stereocenters. The number of unbranched alkanes of at least 4 members (excludes halogenated alkanes) is 1. The second-order valence-corrected chi connectivity index (χ2v) is 8.03. The number of carbonyl (C=O) groups is 1. The molecular formula is C18H36NO2+. The van der Waals surface area contributed by atoms with Crippen LogP contribution in [0, 0.1) is 17.8 Å². The van der Waals surface area contributed by atoms with Gasteiger partial charge < -0.3 is 9.22 Å². The van der Waals surface area contributed by atoms with Crippen molar-refractivity contribution in [3.8, 4) is 0 Å². The second kappa shape index (κ2) is 8.17. The van der Waals surface area contributed by atoms with Crippen molar-refractivity contribution in [3.63, 3.8) is 0 Å². The van der Waals surface area contributed by atoms with Crippen LogP contribution in [0.3, 0.4) is 0 Å². The molecule has 3 nitrogen and oxygen atoms in total. The lowest BCUT2D eigenvalue weighted by atomic mass is 9.75. The zero-order valence-corrected chi connectivity index (χ0v) is 15.0. The molecule has 3 heteroatoms. The molecule has 0 amide bonds. The molecule has 0 aromatic heterocycles. The zero-order valence-electron chi connectivity index (χ0n) is 15.0. The Balaban J connectivity index is 2.54. The molecule has 0 radical (unpaired) electrons. The van der Waals surface area contributed by atoms with Gasteiger partial charge in [-0.15, -0.1) is 0 Å². The van der Waals surface area contributed by atoms with Crippen LogP contribution in [0.25, 0.3) is 0 Å². The van der Waals surface area contributed by atoms with Crippen molar-refractivity contribution in [2.24, 2.45) is 17.8 Å². The third-order valence-electron chi connectivity index (χ3n) is 4.92. The van der Waals surface area contributed by atoms with E-state index in [0.29, 0.717) is 24.3 Å².